The third-order valence-electron chi connectivity index (χ3n) is 2.40. The molecule has 108 valence electrons. The molecule has 1 N–H and O–H groups in total. The molecule has 0 aliphatic carbocycles. The van der Waals surface area contributed by atoms with Crippen molar-refractivity contribution < 1.29 is 13.2 Å². The maximum atomic E-state index is 12.3. The van der Waals surface area contributed by atoms with E-state index in [4.69, 9.17) is 4.74 Å². The minimum absolute atomic E-state index is 0.244. The Morgan fingerprint density at radius 2 is 2.25 bits per heavy atom. The number of aromatic nitrogens is 1. The topological polar surface area (TPSA) is 68.3 Å². The lowest BCUT2D eigenvalue weighted by atomic mass is 10.4. The smallest absolute Gasteiger partial charge is 0.271 e. The van der Waals surface area contributed by atoms with E-state index in [1.165, 1.54) is 0 Å². The Hall–Kier alpha value is -1.12. The van der Waals surface area contributed by atoms with Gasteiger partial charge >= 0.3 is 0 Å². The van der Waals surface area contributed by atoms with Crippen LogP contribution in [-0.2, 0) is 10.0 Å². The molecule has 0 radical (unpaired) electrons. The molecule has 0 aromatic carbocycles. The fourth-order valence-corrected chi connectivity index (χ4v) is 4.76. The van der Waals surface area contributed by atoms with E-state index in [0.29, 0.717) is 12.3 Å². The van der Waals surface area contributed by atoms with Gasteiger partial charge in [-0.1, -0.05) is 0 Å². The normalized spacial score (nSPS) is 11.3. The molecule has 2 aromatic heterocycles. The highest BCUT2D eigenvalue weighted by atomic mass is 79.9. The van der Waals surface area contributed by atoms with Gasteiger partial charge in [0.15, 0.2) is 0 Å². The third-order valence-corrected chi connectivity index (χ3v) is 6.37. The highest BCUT2D eigenvalue weighted by Crippen LogP contribution is 2.32. The zero-order valence-corrected chi connectivity index (χ0v) is 14.1. The van der Waals surface area contributed by atoms with E-state index in [9.17, 15) is 8.42 Å². The Morgan fingerprint density at radius 3 is 2.85 bits per heavy atom. The largest absolute Gasteiger partial charge is 0.476 e. The van der Waals surface area contributed by atoms with Crippen molar-refractivity contribution in [1.29, 1.82) is 0 Å². The first-order valence-corrected chi connectivity index (χ1v) is 8.90. The monoisotopic (exact) mass is 376 g/mol. The number of pyridine rings is 1. The second-order valence-corrected chi connectivity index (χ2v) is 8.20. The Bertz CT molecular complexity index is 694. The fourth-order valence-electron chi connectivity index (χ4n) is 1.48. The molecule has 0 saturated carbocycles. The Morgan fingerprint density at radius 1 is 1.50 bits per heavy atom. The molecule has 20 heavy (non-hydrogen) atoms. The maximum absolute atomic E-state index is 12.3. The predicted octanol–water partition coefficient (Wildman–Crippen LogP) is 3.41. The SMILES string of the molecule is CCOc1ncccc1NS(=O)(=O)c1cc(C)c(Br)s1. The number of rotatable bonds is 5. The molecule has 2 aromatic rings. The number of thiophene rings is 1. The van der Waals surface area contributed by atoms with Gasteiger partial charge in [-0.2, -0.15) is 0 Å². The lowest BCUT2D eigenvalue weighted by Crippen LogP contribution is -2.13. The number of nitrogens with zero attached hydrogens (tertiary/aromatic N) is 1. The highest BCUT2D eigenvalue weighted by molar-refractivity contribution is 9.11. The van der Waals surface area contributed by atoms with Crippen LogP contribution in [0, 0.1) is 6.92 Å². The number of halogens is 1. The second-order valence-electron chi connectivity index (χ2n) is 3.92. The Balaban J connectivity index is 2.33. The second kappa shape index (κ2) is 6.11. The van der Waals surface area contributed by atoms with Crippen LogP contribution < -0.4 is 9.46 Å². The summed E-state index contributed by atoms with van der Waals surface area (Å²) in [7, 11) is -3.64. The summed E-state index contributed by atoms with van der Waals surface area (Å²) in [6.07, 6.45) is 1.55. The molecule has 0 saturated heterocycles. The van der Waals surface area contributed by atoms with Crippen LogP contribution in [0.1, 0.15) is 12.5 Å². The van der Waals surface area contributed by atoms with Crippen molar-refractivity contribution in [2.24, 2.45) is 0 Å². The molecule has 0 atom stereocenters. The summed E-state index contributed by atoms with van der Waals surface area (Å²) < 4.78 is 33.5. The van der Waals surface area contributed by atoms with Crippen molar-refractivity contribution in [2.75, 3.05) is 11.3 Å². The molecular weight excluding hydrogens is 364 g/mol. The first-order valence-electron chi connectivity index (χ1n) is 5.80. The lowest BCUT2D eigenvalue weighted by Gasteiger charge is -2.10. The van der Waals surface area contributed by atoms with Gasteiger partial charge in [-0.3, -0.25) is 4.72 Å². The van der Waals surface area contributed by atoms with Crippen LogP contribution >= 0.6 is 27.3 Å². The van der Waals surface area contributed by atoms with Crippen molar-refractivity contribution >= 4 is 43.0 Å². The number of hydrogen-bond donors (Lipinski definition) is 1. The number of aryl methyl sites for hydroxylation is 1. The molecule has 2 heterocycles. The zero-order chi connectivity index (χ0) is 14.8. The van der Waals surface area contributed by atoms with Gasteiger partial charge in [-0.25, -0.2) is 13.4 Å². The summed E-state index contributed by atoms with van der Waals surface area (Å²) in [5.74, 6) is 0.269. The van der Waals surface area contributed by atoms with Crippen molar-refractivity contribution in [3.8, 4) is 5.88 Å². The standard InChI is InChI=1S/C12H13BrN2O3S2/c1-3-18-12-9(5-4-6-14-12)15-20(16,17)10-7-8(2)11(13)19-10/h4-7,15H,3H2,1-2H3. The number of hydrogen-bond acceptors (Lipinski definition) is 5. The van der Waals surface area contributed by atoms with E-state index in [1.54, 1.807) is 24.4 Å². The van der Waals surface area contributed by atoms with Crippen LogP contribution in [-0.4, -0.2) is 20.0 Å². The molecular formula is C12H13BrN2O3S2. The predicted molar refractivity (Wildman–Crippen MR) is 83.0 cm³/mol. The molecule has 0 aliphatic rings. The van der Waals surface area contributed by atoms with Crippen molar-refractivity contribution in [3.05, 3.63) is 33.7 Å². The van der Waals surface area contributed by atoms with E-state index >= 15 is 0 Å². The Kier molecular flexibility index (Phi) is 4.66. The van der Waals surface area contributed by atoms with Gasteiger partial charge < -0.3 is 4.74 Å². The molecule has 0 spiro atoms. The minimum atomic E-state index is -3.64. The Labute approximate surface area is 130 Å². The maximum Gasteiger partial charge on any atom is 0.271 e. The van der Waals surface area contributed by atoms with Crippen molar-refractivity contribution in [2.45, 2.75) is 18.1 Å². The molecule has 0 amide bonds. The van der Waals surface area contributed by atoms with Crippen molar-refractivity contribution in [3.63, 3.8) is 0 Å². The first kappa shape index (κ1) is 15.3. The van der Waals surface area contributed by atoms with Crippen LogP contribution in [0.2, 0.25) is 0 Å². The fraction of sp³-hybridized carbons (Fsp3) is 0.250. The van der Waals surface area contributed by atoms with E-state index in [0.717, 1.165) is 20.7 Å². The van der Waals surface area contributed by atoms with Crippen molar-refractivity contribution in [1.82, 2.24) is 4.98 Å². The summed E-state index contributed by atoms with van der Waals surface area (Å²) in [6, 6.07) is 4.88. The highest BCUT2D eigenvalue weighted by Gasteiger charge is 2.20. The summed E-state index contributed by atoms with van der Waals surface area (Å²) in [4.78, 5) is 4.01. The van der Waals surface area contributed by atoms with Gasteiger partial charge in [0.1, 0.15) is 9.90 Å². The van der Waals surface area contributed by atoms with Gasteiger partial charge in [-0.15, -0.1) is 11.3 Å². The first-order chi connectivity index (χ1) is 9.44. The van der Waals surface area contributed by atoms with E-state index < -0.39 is 10.0 Å². The summed E-state index contributed by atoms with van der Waals surface area (Å²) in [5.41, 5.74) is 1.21. The molecule has 0 fully saturated rings. The van der Waals surface area contributed by atoms with Crippen LogP contribution in [0.5, 0.6) is 5.88 Å². The molecule has 0 unspecified atom stereocenters. The molecule has 2 rings (SSSR count). The number of nitrogens with one attached hydrogen (secondary N) is 1. The lowest BCUT2D eigenvalue weighted by molar-refractivity contribution is 0.329. The van der Waals surface area contributed by atoms with E-state index in [2.05, 4.69) is 25.6 Å². The van der Waals surface area contributed by atoms with Gasteiger partial charge in [0, 0.05) is 6.20 Å². The quantitative estimate of drug-likeness (QED) is 0.867. The third kappa shape index (κ3) is 3.31. The summed E-state index contributed by atoms with van der Waals surface area (Å²) >= 11 is 4.49. The van der Waals surface area contributed by atoms with Crippen LogP contribution in [0.3, 0.4) is 0 Å². The summed E-state index contributed by atoms with van der Waals surface area (Å²) in [5, 5.41) is 0. The number of sulfonamides is 1. The zero-order valence-electron chi connectivity index (χ0n) is 10.9. The van der Waals surface area contributed by atoms with Gasteiger partial charge in [0.05, 0.1) is 10.4 Å². The minimum Gasteiger partial charge on any atom is -0.476 e. The van der Waals surface area contributed by atoms with Gasteiger partial charge in [0.25, 0.3) is 10.0 Å². The average molecular weight is 377 g/mol. The molecule has 0 aliphatic heterocycles. The molecule has 8 heteroatoms. The molecule has 0 bridgehead atoms. The summed E-state index contributed by atoms with van der Waals surface area (Å²) in [6.45, 7) is 4.07. The van der Waals surface area contributed by atoms with Crippen LogP contribution in [0.15, 0.2) is 32.4 Å². The number of ether oxygens (including phenoxy) is 1. The van der Waals surface area contributed by atoms with E-state index in [-0.39, 0.29) is 10.1 Å². The van der Waals surface area contributed by atoms with Crippen LogP contribution in [0.4, 0.5) is 5.69 Å². The molecule has 5 nitrogen and oxygen atoms in total. The average Bonchev–Trinajstić information content (AvgIpc) is 2.73. The van der Waals surface area contributed by atoms with Gasteiger partial charge in [-0.05, 0) is 53.5 Å². The van der Waals surface area contributed by atoms with E-state index in [1.807, 2.05) is 13.8 Å². The van der Waals surface area contributed by atoms with Crippen LogP contribution in [0.25, 0.3) is 0 Å². The number of anilines is 1. The van der Waals surface area contributed by atoms with Gasteiger partial charge in [0.2, 0.25) is 5.88 Å².